The van der Waals surface area contributed by atoms with Crippen molar-refractivity contribution in [2.24, 2.45) is 5.41 Å². The molecule has 1 aromatic carbocycles. The van der Waals surface area contributed by atoms with E-state index in [4.69, 9.17) is 5.73 Å². The lowest BCUT2D eigenvalue weighted by Crippen LogP contribution is -2.35. The van der Waals surface area contributed by atoms with Crippen LogP contribution >= 0.6 is 0 Å². The zero-order valence-corrected chi connectivity index (χ0v) is 12.4. The fraction of sp³-hybridized carbons (Fsp3) is 0.500. The zero-order valence-electron chi connectivity index (χ0n) is 12.4. The van der Waals surface area contributed by atoms with Gasteiger partial charge in [0.2, 0.25) is 11.8 Å². The van der Waals surface area contributed by atoms with E-state index in [1.54, 1.807) is 0 Å². The summed E-state index contributed by atoms with van der Waals surface area (Å²) in [6, 6.07) is 5.61. The molecule has 4 nitrogen and oxygen atoms in total. The average molecular weight is 274 g/mol. The number of hydrogen-bond donors (Lipinski definition) is 1. The standard InChI is InChI=1S/C16H22N2O2/c1-4-16(5-2)9-14(19)18(15(16)20)10-12-7-6-8-13(17)11(12)3/h6-8H,4-5,9-10,17H2,1-3H3. The van der Waals surface area contributed by atoms with Crippen molar-refractivity contribution < 1.29 is 9.59 Å². The second kappa shape index (κ2) is 5.27. The smallest absolute Gasteiger partial charge is 0.236 e. The topological polar surface area (TPSA) is 63.4 Å². The molecule has 1 fully saturated rings. The van der Waals surface area contributed by atoms with Gasteiger partial charge in [-0.05, 0) is 37.0 Å². The minimum absolute atomic E-state index is 0.0330. The fourth-order valence-electron chi connectivity index (χ4n) is 2.87. The number of carbonyl (C=O) groups is 2. The number of nitrogens with zero attached hydrogens (tertiary/aromatic N) is 1. The highest BCUT2D eigenvalue weighted by Crippen LogP contribution is 2.40. The predicted molar refractivity (Wildman–Crippen MR) is 78.8 cm³/mol. The molecule has 2 rings (SSSR count). The number of rotatable bonds is 4. The molecule has 108 valence electrons. The highest BCUT2D eigenvalue weighted by atomic mass is 16.2. The van der Waals surface area contributed by atoms with Crippen LogP contribution < -0.4 is 5.73 Å². The van der Waals surface area contributed by atoms with Gasteiger partial charge in [0.15, 0.2) is 0 Å². The number of anilines is 1. The molecule has 0 aromatic heterocycles. The van der Waals surface area contributed by atoms with E-state index in [0.717, 1.165) is 11.1 Å². The van der Waals surface area contributed by atoms with Crippen molar-refractivity contribution in [3.05, 3.63) is 29.3 Å². The number of nitrogens with two attached hydrogens (primary N) is 1. The van der Waals surface area contributed by atoms with Crippen LogP contribution in [0.1, 0.15) is 44.2 Å². The molecule has 1 saturated heterocycles. The summed E-state index contributed by atoms with van der Waals surface area (Å²) < 4.78 is 0. The maximum absolute atomic E-state index is 12.6. The van der Waals surface area contributed by atoms with Gasteiger partial charge in [-0.3, -0.25) is 14.5 Å². The van der Waals surface area contributed by atoms with E-state index < -0.39 is 5.41 Å². The largest absolute Gasteiger partial charge is 0.399 e. The molecule has 1 aromatic rings. The van der Waals surface area contributed by atoms with Crippen LogP contribution in [0.2, 0.25) is 0 Å². The first-order chi connectivity index (χ1) is 9.45. The lowest BCUT2D eigenvalue weighted by Gasteiger charge is -2.24. The number of likely N-dealkylation sites (tertiary alicyclic amines) is 1. The Kier molecular flexibility index (Phi) is 3.84. The number of carbonyl (C=O) groups excluding carboxylic acids is 2. The van der Waals surface area contributed by atoms with Crippen molar-refractivity contribution in [1.29, 1.82) is 0 Å². The van der Waals surface area contributed by atoms with Gasteiger partial charge < -0.3 is 5.73 Å². The van der Waals surface area contributed by atoms with E-state index in [1.165, 1.54) is 4.90 Å². The highest BCUT2D eigenvalue weighted by molar-refractivity contribution is 6.05. The summed E-state index contributed by atoms with van der Waals surface area (Å²) in [6.45, 7) is 6.20. The van der Waals surface area contributed by atoms with Gasteiger partial charge in [-0.2, -0.15) is 0 Å². The minimum Gasteiger partial charge on any atom is -0.399 e. The number of amides is 2. The van der Waals surface area contributed by atoms with E-state index in [9.17, 15) is 9.59 Å². The van der Waals surface area contributed by atoms with Crippen LogP contribution in [0.25, 0.3) is 0 Å². The van der Waals surface area contributed by atoms with Gasteiger partial charge in [-0.25, -0.2) is 0 Å². The predicted octanol–water partition coefficient (Wildman–Crippen LogP) is 2.64. The molecule has 4 heteroatoms. The van der Waals surface area contributed by atoms with Crippen LogP contribution in [0.3, 0.4) is 0 Å². The summed E-state index contributed by atoms with van der Waals surface area (Å²) in [5.74, 6) is -0.102. The van der Waals surface area contributed by atoms with Crippen molar-refractivity contribution >= 4 is 17.5 Å². The molecule has 2 amide bonds. The van der Waals surface area contributed by atoms with Gasteiger partial charge in [0.25, 0.3) is 0 Å². The molecule has 2 N–H and O–H groups in total. The Morgan fingerprint density at radius 2 is 1.90 bits per heavy atom. The summed E-state index contributed by atoms with van der Waals surface area (Å²) in [4.78, 5) is 26.2. The Labute approximate surface area is 119 Å². The number of imide groups is 1. The third kappa shape index (κ3) is 2.19. The number of hydrogen-bond acceptors (Lipinski definition) is 3. The maximum atomic E-state index is 12.6. The molecule has 0 radical (unpaired) electrons. The van der Waals surface area contributed by atoms with Crippen LogP contribution in [0.4, 0.5) is 5.69 Å². The molecule has 20 heavy (non-hydrogen) atoms. The first kappa shape index (κ1) is 14.6. The van der Waals surface area contributed by atoms with Crippen LogP contribution in [0.5, 0.6) is 0 Å². The van der Waals surface area contributed by atoms with Crippen LogP contribution in [-0.2, 0) is 16.1 Å². The van der Waals surface area contributed by atoms with Crippen LogP contribution in [-0.4, -0.2) is 16.7 Å². The van der Waals surface area contributed by atoms with Crippen molar-refractivity contribution in [1.82, 2.24) is 4.90 Å². The molecule has 0 spiro atoms. The molecule has 0 aliphatic carbocycles. The van der Waals surface area contributed by atoms with E-state index in [-0.39, 0.29) is 11.8 Å². The van der Waals surface area contributed by atoms with E-state index in [0.29, 0.717) is 31.5 Å². The highest BCUT2D eigenvalue weighted by Gasteiger charge is 2.48. The minimum atomic E-state index is -0.495. The average Bonchev–Trinajstić information content (AvgIpc) is 2.68. The normalized spacial score (nSPS) is 17.9. The summed E-state index contributed by atoms with van der Waals surface area (Å²) in [5, 5.41) is 0. The Bertz CT molecular complexity index is 547. The summed E-state index contributed by atoms with van der Waals surface area (Å²) in [5.41, 5.74) is 7.96. The first-order valence-electron chi connectivity index (χ1n) is 7.14. The lowest BCUT2D eigenvalue weighted by atomic mass is 9.81. The van der Waals surface area contributed by atoms with Crippen LogP contribution in [0, 0.1) is 12.3 Å². The maximum Gasteiger partial charge on any atom is 0.236 e. The third-order valence-electron chi connectivity index (χ3n) is 4.66. The Balaban J connectivity index is 2.28. The second-order valence-electron chi connectivity index (χ2n) is 5.58. The van der Waals surface area contributed by atoms with Crippen LogP contribution in [0.15, 0.2) is 18.2 Å². The third-order valence-corrected chi connectivity index (χ3v) is 4.66. The zero-order chi connectivity index (χ0) is 14.9. The van der Waals surface area contributed by atoms with Crippen molar-refractivity contribution in [3.63, 3.8) is 0 Å². The second-order valence-corrected chi connectivity index (χ2v) is 5.58. The van der Waals surface area contributed by atoms with Crippen molar-refractivity contribution in [2.45, 2.75) is 46.6 Å². The van der Waals surface area contributed by atoms with Crippen molar-refractivity contribution in [2.75, 3.05) is 5.73 Å². The molecule has 0 atom stereocenters. The molecule has 1 aliphatic heterocycles. The van der Waals surface area contributed by atoms with Gasteiger partial charge >= 0.3 is 0 Å². The van der Waals surface area contributed by atoms with Gasteiger partial charge in [0, 0.05) is 12.1 Å². The molecule has 0 bridgehead atoms. The fourth-order valence-corrected chi connectivity index (χ4v) is 2.87. The molecular formula is C16H22N2O2. The Morgan fingerprint density at radius 3 is 2.45 bits per heavy atom. The van der Waals surface area contributed by atoms with Gasteiger partial charge in [-0.15, -0.1) is 0 Å². The lowest BCUT2D eigenvalue weighted by molar-refractivity contribution is -0.142. The number of benzene rings is 1. The summed E-state index contributed by atoms with van der Waals surface area (Å²) in [7, 11) is 0. The monoisotopic (exact) mass is 274 g/mol. The summed E-state index contributed by atoms with van der Waals surface area (Å²) in [6.07, 6.45) is 1.75. The van der Waals surface area contributed by atoms with Gasteiger partial charge in [0.05, 0.1) is 12.0 Å². The van der Waals surface area contributed by atoms with Gasteiger partial charge in [0.1, 0.15) is 0 Å². The quantitative estimate of drug-likeness (QED) is 0.678. The molecule has 0 saturated carbocycles. The van der Waals surface area contributed by atoms with Gasteiger partial charge in [-0.1, -0.05) is 26.0 Å². The SMILES string of the molecule is CCC1(CC)CC(=O)N(Cc2cccc(N)c2C)C1=O. The molecular weight excluding hydrogens is 252 g/mol. The summed E-state index contributed by atoms with van der Waals surface area (Å²) >= 11 is 0. The van der Waals surface area contributed by atoms with E-state index in [1.807, 2.05) is 39.0 Å². The molecule has 1 aliphatic rings. The van der Waals surface area contributed by atoms with E-state index in [2.05, 4.69) is 0 Å². The Morgan fingerprint density at radius 1 is 1.25 bits per heavy atom. The first-order valence-corrected chi connectivity index (χ1v) is 7.14. The number of nitrogen functional groups attached to an aromatic ring is 1. The molecule has 0 unspecified atom stereocenters. The molecule has 1 heterocycles. The van der Waals surface area contributed by atoms with E-state index >= 15 is 0 Å². The van der Waals surface area contributed by atoms with Crippen molar-refractivity contribution in [3.8, 4) is 0 Å². The Hall–Kier alpha value is -1.84.